The topological polar surface area (TPSA) is 25.2 Å². The molecule has 0 amide bonds. The number of hydrogen-bond acceptors (Lipinski definition) is 2. The van der Waals surface area contributed by atoms with Crippen molar-refractivity contribution in [1.29, 1.82) is 0 Å². The summed E-state index contributed by atoms with van der Waals surface area (Å²) in [6, 6.07) is 2.67. The first-order valence-electron chi connectivity index (χ1n) is 5.87. The molecule has 0 radical (unpaired) electrons. The third-order valence-corrected chi connectivity index (χ3v) is 3.62. The van der Waals surface area contributed by atoms with E-state index in [1.165, 1.54) is 17.7 Å². The summed E-state index contributed by atoms with van der Waals surface area (Å²) >= 11 is 0. The molecule has 1 unspecified atom stereocenters. The van der Waals surface area contributed by atoms with Crippen molar-refractivity contribution in [2.75, 3.05) is 7.05 Å². The summed E-state index contributed by atoms with van der Waals surface area (Å²) in [7, 11) is 2.04. The van der Waals surface area contributed by atoms with E-state index in [2.05, 4.69) is 32.2 Å². The Morgan fingerprint density at radius 3 is 2.87 bits per heavy atom. The maximum atomic E-state index is 5.84. The van der Waals surface area contributed by atoms with Crippen LogP contribution in [0.3, 0.4) is 0 Å². The third kappa shape index (κ3) is 1.71. The Balaban J connectivity index is 2.41. The minimum Gasteiger partial charge on any atom is -0.466 e. The highest BCUT2D eigenvalue weighted by atomic mass is 16.3. The molecule has 84 valence electrons. The van der Waals surface area contributed by atoms with Crippen LogP contribution in [-0.4, -0.2) is 7.05 Å². The molecule has 1 atom stereocenters. The molecule has 1 N–H and O–H groups in total. The summed E-state index contributed by atoms with van der Waals surface area (Å²) in [6.07, 6.45) is 3.27. The zero-order chi connectivity index (χ0) is 11.1. The molecule has 1 aromatic rings. The molecule has 0 aliphatic heterocycles. The van der Waals surface area contributed by atoms with Crippen LogP contribution in [0, 0.1) is 5.41 Å². The van der Waals surface area contributed by atoms with Gasteiger partial charge in [-0.1, -0.05) is 20.8 Å². The average molecular weight is 207 g/mol. The molecule has 0 aromatic carbocycles. The Kier molecular flexibility index (Phi) is 2.63. The second kappa shape index (κ2) is 3.67. The van der Waals surface area contributed by atoms with Gasteiger partial charge in [0.2, 0.25) is 0 Å². The van der Waals surface area contributed by atoms with Gasteiger partial charge in [-0.25, -0.2) is 0 Å². The van der Waals surface area contributed by atoms with E-state index in [4.69, 9.17) is 4.42 Å². The quantitative estimate of drug-likeness (QED) is 0.806. The van der Waals surface area contributed by atoms with Gasteiger partial charge < -0.3 is 9.73 Å². The Morgan fingerprint density at radius 1 is 1.53 bits per heavy atom. The van der Waals surface area contributed by atoms with Crippen molar-refractivity contribution in [3.05, 3.63) is 23.2 Å². The van der Waals surface area contributed by atoms with E-state index in [1.54, 1.807) is 0 Å². The molecule has 1 aliphatic rings. The van der Waals surface area contributed by atoms with Gasteiger partial charge in [0.15, 0.2) is 0 Å². The van der Waals surface area contributed by atoms with Crippen LogP contribution >= 0.6 is 0 Å². The molecular weight excluding hydrogens is 186 g/mol. The highest BCUT2D eigenvalue weighted by Gasteiger charge is 2.36. The summed E-state index contributed by atoms with van der Waals surface area (Å²) in [5.74, 6) is 2.32. The first-order valence-corrected chi connectivity index (χ1v) is 5.87. The van der Waals surface area contributed by atoms with Crippen LogP contribution in [0.25, 0.3) is 0 Å². The lowest BCUT2D eigenvalue weighted by molar-refractivity contribution is 0.207. The minimum absolute atomic E-state index is 0.330. The normalized spacial score (nSPS) is 23.9. The fraction of sp³-hybridized carbons (Fsp3) is 0.692. The van der Waals surface area contributed by atoms with Crippen molar-refractivity contribution >= 4 is 0 Å². The second-order valence-corrected chi connectivity index (χ2v) is 5.16. The molecule has 0 spiro atoms. The predicted molar refractivity (Wildman–Crippen MR) is 62.0 cm³/mol. The van der Waals surface area contributed by atoms with Gasteiger partial charge in [-0.3, -0.25) is 0 Å². The van der Waals surface area contributed by atoms with E-state index >= 15 is 0 Å². The van der Waals surface area contributed by atoms with Crippen molar-refractivity contribution in [2.24, 2.45) is 5.41 Å². The van der Waals surface area contributed by atoms with E-state index in [1.807, 2.05) is 7.05 Å². The summed E-state index contributed by atoms with van der Waals surface area (Å²) < 4.78 is 5.84. The van der Waals surface area contributed by atoms with E-state index in [-0.39, 0.29) is 0 Å². The van der Waals surface area contributed by atoms with Gasteiger partial charge in [0.25, 0.3) is 0 Å². The summed E-state index contributed by atoms with van der Waals surface area (Å²) in [6.45, 7) is 6.80. The van der Waals surface area contributed by atoms with E-state index in [9.17, 15) is 0 Å². The molecule has 15 heavy (non-hydrogen) atoms. The molecule has 0 saturated heterocycles. The fourth-order valence-corrected chi connectivity index (χ4v) is 2.66. The van der Waals surface area contributed by atoms with Gasteiger partial charge in [-0.2, -0.15) is 0 Å². The maximum absolute atomic E-state index is 5.84. The zero-order valence-electron chi connectivity index (χ0n) is 10.2. The van der Waals surface area contributed by atoms with Crippen LogP contribution in [-0.2, 0) is 12.8 Å². The summed E-state index contributed by atoms with van der Waals surface area (Å²) in [5.41, 5.74) is 1.71. The lowest BCUT2D eigenvalue weighted by Gasteiger charge is -2.37. The Labute approximate surface area is 92.1 Å². The average Bonchev–Trinajstić information content (AvgIpc) is 2.59. The van der Waals surface area contributed by atoms with Crippen molar-refractivity contribution in [3.63, 3.8) is 0 Å². The monoisotopic (exact) mass is 207 g/mol. The van der Waals surface area contributed by atoms with Gasteiger partial charge in [0.1, 0.15) is 11.5 Å². The van der Waals surface area contributed by atoms with Gasteiger partial charge in [-0.15, -0.1) is 0 Å². The number of rotatable bonds is 2. The summed E-state index contributed by atoms with van der Waals surface area (Å²) in [4.78, 5) is 0. The lowest BCUT2D eigenvalue weighted by atomic mass is 9.72. The highest BCUT2D eigenvalue weighted by molar-refractivity contribution is 5.30. The first-order chi connectivity index (χ1) is 7.08. The number of aryl methyl sites for hydroxylation is 2. The third-order valence-electron chi connectivity index (χ3n) is 3.62. The molecule has 1 heterocycles. The van der Waals surface area contributed by atoms with E-state index in [0.29, 0.717) is 11.5 Å². The molecule has 0 fully saturated rings. The number of hydrogen-bond donors (Lipinski definition) is 1. The van der Waals surface area contributed by atoms with Crippen LogP contribution in [0.5, 0.6) is 0 Å². The number of furan rings is 1. The molecule has 0 saturated carbocycles. The van der Waals surface area contributed by atoms with Crippen LogP contribution in [0.4, 0.5) is 0 Å². The van der Waals surface area contributed by atoms with Gasteiger partial charge in [0.05, 0.1) is 0 Å². The van der Waals surface area contributed by atoms with Crippen LogP contribution in [0.1, 0.15) is 50.3 Å². The number of nitrogens with one attached hydrogen (secondary N) is 1. The molecule has 0 bridgehead atoms. The molecular formula is C13H21NO. The van der Waals surface area contributed by atoms with E-state index in [0.717, 1.165) is 18.6 Å². The zero-order valence-corrected chi connectivity index (χ0v) is 10.2. The number of fused-ring (bicyclic) bond motifs is 1. The van der Waals surface area contributed by atoms with Gasteiger partial charge >= 0.3 is 0 Å². The van der Waals surface area contributed by atoms with Crippen LogP contribution in [0.2, 0.25) is 0 Å². The molecule has 1 aliphatic carbocycles. The first kappa shape index (κ1) is 10.7. The largest absolute Gasteiger partial charge is 0.466 e. The standard InChI is InChI=1S/C13H21NO/c1-5-9-8-10-11(15-9)6-7-13(2,3)12(10)14-4/h8,12,14H,5-7H2,1-4H3. The lowest BCUT2D eigenvalue weighted by Crippen LogP contribution is -2.35. The Hall–Kier alpha value is -0.760. The predicted octanol–water partition coefficient (Wildman–Crippen LogP) is 3.07. The van der Waals surface area contributed by atoms with Crippen LogP contribution in [0.15, 0.2) is 10.5 Å². The maximum Gasteiger partial charge on any atom is 0.108 e. The Bertz CT molecular complexity index is 351. The smallest absolute Gasteiger partial charge is 0.108 e. The Morgan fingerprint density at radius 2 is 2.27 bits per heavy atom. The van der Waals surface area contributed by atoms with E-state index < -0.39 is 0 Å². The second-order valence-electron chi connectivity index (χ2n) is 5.16. The fourth-order valence-electron chi connectivity index (χ4n) is 2.66. The van der Waals surface area contributed by atoms with Crippen molar-refractivity contribution < 1.29 is 4.42 Å². The SMILES string of the molecule is CCc1cc2c(o1)CCC(C)(C)C2NC. The molecule has 2 rings (SSSR count). The van der Waals surface area contributed by atoms with Gasteiger partial charge in [0, 0.05) is 24.4 Å². The van der Waals surface area contributed by atoms with Crippen molar-refractivity contribution in [1.82, 2.24) is 5.32 Å². The highest BCUT2D eigenvalue weighted by Crippen LogP contribution is 2.44. The molecule has 1 aromatic heterocycles. The molecule has 2 nitrogen and oxygen atoms in total. The van der Waals surface area contributed by atoms with Gasteiger partial charge in [-0.05, 0) is 24.9 Å². The van der Waals surface area contributed by atoms with Crippen molar-refractivity contribution in [3.8, 4) is 0 Å². The summed E-state index contributed by atoms with van der Waals surface area (Å²) in [5, 5.41) is 3.43. The van der Waals surface area contributed by atoms with Crippen molar-refractivity contribution in [2.45, 2.75) is 46.1 Å². The minimum atomic E-state index is 0.330. The molecule has 2 heteroatoms. The van der Waals surface area contributed by atoms with Crippen LogP contribution < -0.4 is 5.32 Å².